The molecule has 0 bridgehead atoms. The van der Waals surface area contributed by atoms with Crippen molar-refractivity contribution in [2.45, 2.75) is 51.5 Å². The summed E-state index contributed by atoms with van der Waals surface area (Å²) in [6, 6.07) is 6.67. The smallest absolute Gasteiger partial charge is 0.314 e. The van der Waals surface area contributed by atoms with Gasteiger partial charge in [-0.05, 0) is 37.9 Å². The highest BCUT2D eigenvalue weighted by molar-refractivity contribution is 5.29. The third-order valence-electron chi connectivity index (χ3n) is 4.20. The lowest BCUT2D eigenvalue weighted by molar-refractivity contribution is -0.138. The van der Waals surface area contributed by atoms with E-state index < -0.39 is 11.7 Å². The largest absolute Gasteiger partial charge is 0.416 e. The molecule has 2 unspecified atom stereocenters. The van der Waals surface area contributed by atoms with Crippen molar-refractivity contribution in [2.24, 2.45) is 0 Å². The molecule has 0 spiro atoms. The van der Waals surface area contributed by atoms with Gasteiger partial charge in [-0.1, -0.05) is 25.1 Å². The molecule has 2 rings (SSSR count). The van der Waals surface area contributed by atoms with Crippen molar-refractivity contribution in [3.8, 4) is 0 Å². The predicted molar refractivity (Wildman–Crippen MR) is 78.0 cm³/mol. The number of rotatable bonds is 4. The molecule has 21 heavy (non-hydrogen) atoms. The molecule has 0 aromatic heterocycles. The fourth-order valence-corrected chi connectivity index (χ4v) is 3.08. The van der Waals surface area contributed by atoms with Crippen molar-refractivity contribution in [1.29, 1.82) is 0 Å². The van der Waals surface area contributed by atoms with E-state index in [1.807, 2.05) is 0 Å². The van der Waals surface area contributed by atoms with Gasteiger partial charge in [-0.3, -0.25) is 4.90 Å². The summed E-state index contributed by atoms with van der Waals surface area (Å²) in [5, 5.41) is 3.43. The lowest BCUT2D eigenvalue weighted by Gasteiger charge is -2.38. The average molecular weight is 300 g/mol. The number of hydrogen-bond donors (Lipinski definition) is 1. The van der Waals surface area contributed by atoms with Crippen LogP contribution >= 0.6 is 0 Å². The Kier molecular flexibility index (Phi) is 5.27. The van der Waals surface area contributed by atoms with Crippen LogP contribution in [0.1, 0.15) is 37.8 Å². The summed E-state index contributed by atoms with van der Waals surface area (Å²) in [5.74, 6) is 0. The first-order valence-corrected chi connectivity index (χ1v) is 7.54. The van der Waals surface area contributed by atoms with E-state index in [9.17, 15) is 13.2 Å². The van der Waals surface area contributed by atoms with E-state index in [0.717, 1.165) is 25.9 Å². The van der Waals surface area contributed by atoms with Gasteiger partial charge < -0.3 is 5.32 Å². The van der Waals surface area contributed by atoms with Crippen LogP contribution in [0.2, 0.25) is 0 Å². The molecule has 1 aromatic carbocycles. The molecule has 1 aliphatic rings. The lowest BCUT2D eigenvalue weighted by atomic mass is 9.96. The number of halogens is 3. The standard InChI is InChI=1S/C16H23F3N2/c1-3-20-14-8-9-21(12(2)10-14)11-13-6-4-5-7-15(13)16(17,18)19/h4-7,12,14,20H,3,8-11H2,1-2H3. The monoisotopic (exact) mass is 300 g/mol. The molecule has 2 nitrogen and oxygen atoms in total. The summed E-state index contributed by atoms with van der Waals surface area (Å²) in [6.45, 7) is 6.32. The first-order valence-electron chi connectivity index (χ1n) is 7.54. The molecule has 2 atom stereocenters. The Labute approximate surface area is 124 Å². The van der Waals surface area contributed by atoms with Crippen LogP contribution in [-0.4, -0.2) is 30.1 Å². The molecule has 0 aliphatic carbocycles. The highest BCUT2D eigenvalue weighted by Crippen LogP contribution is 2.33. The molecule has 1 saturated heterocycles. The van der Waals surface area contributed by atoms with Crippen LogP contribution in [0.15, 0.2) is 24.3 Å². The van der Waals surface area contributed by atoms with Gasteiger partial charge in [0.15, 0.2) is 0 Å². The van der Waals surface area contributed by atoms with Gasteiger partial charge in [-0.25, -0.2) is 0 Å². The van der Waals surface area contributed by atoms with E-state index in [-0.39, 0.29) is 0 Å². The van der Waals surface area contributed by atoms with Crippen LogP contribution < -0.4 is 5.32 Å². The van der Waals surface area contributed by atoms with E-state index >= 15 is 0 Å². The molecule has 5 heteroatoms. The van der Waals surface area contributed by atoms with Crippen LogP contribution in [0.4, 0.5) is 13.2 Å². The summed E-state index contributed by atoms with van der Waals surface area (Å²) in [7, 11) is 0. The molecule has 0 radical (unpaired) electrons. The number of nitrogens with zero attached hydrogens (tertiary/aromatic N) is 1. The van der Waals surface area contributed by atoms with Gasteiger partial charge in [-0.2, -0.15) is 13.2 Å². The summed E-state index contributed by atoms with van der Waals surface area (Å²) in [4.78, 5) is 2.15. The van der Waals surface area contributed by atoms with Gasteiger partial charge >= 0.3 is 6.18 Å². The fraction of sp³-hybridized carbons (Fsp3) is 0.625. The van der Waals surface area contributed by atoms with Gasteiger partial charge in [0.1, 0.15) is 0 Å². The second kappa shape index (κ2) is 6.79. The number of likely N-dealkylation sites (tertiary alicyclic amines) is 1. The van der Waals surface area contributed by atoms with E-state index in [2.05, 4.69) is 24.1 Å². The van der Waals surface area contributed by atoms with Crippen molar-refractivity contribution in [1.82, 2.24) is 10.2 Å². The zero-order valence-electron chi connectivity index (χ0n) is 12.6. The van der Waals surface area contributed by atoms with Crippen LogP contribution in [0.5, 0.6) is 0 Å². The first kappa shape index (κ1) is 16.3. The molecule has 1 N–H and O–H groups in total. The third-order valence-corrected chi connectivity index (χ3v) is 4.20. The van der Waals surface area contributed by atoms with Crippen molar-refractivity contribution < 1.29 is 13.2 Å². The summed E-state index contributed by atoms with van der Waals surface area (Å²) in [6.07, 6.45) is -2.30. The Balaban J connectivity index is 2.06. The Hall–Kier alpha value is -1.07. The maximum absolute atomic E-state index is 13.0. The molecular formula is C16H23F3N2. The first-order chi connectivity index (χ1) is 9.91. The minimum Gasteiger partial charge on any atom is -0.314 e. The number of nitrogens with one attached hydrogen (secondary N) is 1. The Morgan fingerprint density at radius 3 is 2.62 bits per heavy atom. The quantitative estimate of drug-likeness (QED) is 0.913. The Bertz CT molecular complexity index is 459. The fourth-order valence-electron chi connectivity index (χ4n) is 3.08. The van der Waals surface area contributed by atoms with Crippen LogP contribution in [0.3, 0.4) is 0 Å². The number of hydrogen-bond acceptors (Lipinski definition) is 2. The molecule has 0 amide bonds. The average Bonchev–Trinajstić information content (AvgIpc) is 2.42. The zero-order valence-corrected chi connectivity index (χ0v) is 12.6. The lowest BCUT2D eigenvalue weighted by Crippen LogP contribution is -2.47. The molecule has 0 saturated carbocycles. The van der Waals surface area contributed by atoms with Gasteiger partial charge in [0.2, 0.25) is 0 Å². The van der Waals surface area contributed by atoms with Crippen LogP contribution in [0.25, 0.3) is 0 Å². The second-order valence-electron chi connectivity index (χ2n) is 5.75. The van der Waals surface area contributed by atoms with Gasteiger partial charge in [0, 0.05) is 25.2 Å². The number of benzene rings is 1. The summed E-state index contributed by atoms with van der Waals surface area (Å²) >= 11 is 0. The van der Waals surface area contributed by atoms with Gasteiger partial charge in [0.05, 0.1) is 5.56 Å². The SMILES string of the molecule is CCNC1CCN(Cc2ccccc2C(F)(F)F)C(C)C1. The predicted octanol–water partition coefficient (Wildman–Crippen LogP) is 3.67. The zero-order chi connectivity index (χ0) is 15.5. The van der Waals surface area contributed by atoms with E-state index in [4.69, 9.17) is 0 Å². The molecule has 1 fully saturated rings. The van der Waals surface area contributed by atoms with Crippen LogP contribution in [-0.2, 0) is 12.7 Å². The van der Waals surface area contributed by atoms with Crippen molar-refractivity contribution in [3.05, 3.63) is 35.4 Å². The highest BCUT2D eigenvalue weighted by atomic mass is 19.4. The van der Waals surface area contributed by atoms with E-state index in [1.54, 1.807) is 12.1 Å². The van der Waals surface area contributed by atoms with E-state index in [0.29, 0.717) is 24.2 Å². The Morgan fingerprint density at radius 1 is 1.29 bits per heavy atom. The third kappa shape index (κ3) is 4.20. The van der Waals surface area contributed by atoms with Crippen molar-refractivity contribution in [3.63, 3.8) is 0 Å². The van der Waals surface area contributed by atoms with Crippen LogP contribution in [0, 0.1) is 0 Å². The molecule has 1 aromatic rings. The molecular weight excluding hydrogens is 277 g/mol. The highest BCUT2D eigenvalue weighted by Gasteiger charge is 2.34. The summed E-state index contributed by atoms with van der Waals surface area (Å²) < 4.78 is 39.1. The number of piperidine rings is 1. The maximum Gasteiger partial charge on any atom is 0.416 e. The second-order valence-corrected chi connectivity index (χ2v) is 5.75. The minimum absolute atomic E-state index is 0.295. The molecule has 1 aliphatic heterocycles. The normalized spacial score (nSPS) is 24.2. The molecule has 118 valence electrons. The minimum atomic E-state index is -4.28. The molecule has 1 heterocycles. The van der Waals surface area contributed by atoms with E-state index in [1.165, 1.54) is 12.1 Å². The topological polar surface area (TPSA) is 15.3 Å². The van der Waals surface area contributed by atoms with Gasteiger partial charge in [0.25, 0.3) is 0 Å². The Morgan fingerprint density at radius 2 is 2.00 bits per heavy atom. The van der Waals surface area contributed by atoms with Gasteiger partial charge in [-0.15, -0.1) is 0 Å². The maximum atomic E-state index is 13.0. The van der Waals surface area contributed by atoms with Crippen molar-refractivity contribution in [2.75, 3.05) is 13.1 Å². The number of alkyl halides is 3. The van der Waals surface area contributed by atoms with Crippen molar-refractivity contribution >= 4 is 0 Å². The summed E-state index contributed by atoms with van der Waals surface area (Å²) in [5.41, 5.74) is -0.134.